The zero-order valence-electron chi connectivity index (χ0n) is 14.0. The average molecular weight is 398 g/mol. The highest BCUT2D eigenvalue weighted by molar-refractivity contribution is 7.89. The van der Waals surface area contributed by atoms with Crippen molar-refractivity contribution in [3.05, 3.63) is 39.4 Å². The molecule has 3 heterocycles. The second-order valence-electron chi connectivity index (χ2n) is 6.19. The molecule has 0 atom stereocenters. The first-order chi connectivity index (χ1) is 11.9. The van der Waals surface area contributed by atoms with E-state index in [0.29, 0.717) is 17.5 Å². The van der Waals surface area contributed by atoms with Crippen LogP contribution in [0.3, 0.4) is 0 Å². The second-order valence-corrected chi connectivity index (χ2v) is 10.1. The molecule has 0 bridgehead atoms. The molecule has 0 aromatic carbocycles. The highest BCUT2D eigenvalue weighted by Crippen LogP contribution is 2.23. The van der Waals surface area contributed by atoms with Crippen LogP contribution in [-0.2, 0) is 27.8 Å². The number of rotatable bonds is 8. The van der Waals surface area contributed by atoms with E-state index >= 15 is 0 Å². The van der Waals surface area contributed by atoms with Crippen LogP contribution in [0.15, 0.2) is 27.4 Å². The summed E-state index contributed by atoms with van der Waals surface area (Å²) in [6.07, 6.45) is 1.94. The van der Waals surface area contributed by atoms with Crippen LogP contribution in [0.25, 0.3) is 10.8 Å². The van der Waals surface area contributed by atoms with E-state index in [1.807, 2.05) is 22.9 Å². The monoisotopic (exact) mass is 397 g/mol. The Labute approximate surface area is 154 Å². The van der Waals surface area contributed by atoms with Crippen molar-refractivity contribution >= 4 is 32.5 Å². The van der Waals surface area contributed by atoms with E-state index in [4.69, 9.17) is 4.52 Å². The maximum atomic E-state index is 12.4. The molecule has 0 spiro atoms. The van der Waals surface area contributed by atoms with Gasteiger partial charge in [0, 0.05) is 5.38 Å². The maximum absolute atomic E-state index is 12.4. The number of nitrogens with zero attached hydrogens (tertiary/aromatic N) is 3. The predicted octanol–water partition coefficient (Wildman–Crippen LogP) is 3.96. The standard InChI is InChI=1S/C16H19N3O3S3/c1-11(2)5-6-15-17-12(8-24-15)9-25(20,21)10-14-18-16(22-19-14)13-4-3-7-23-13/h3-4,7-8,11H,5-6,9-10H2,1-2H3. The van der Waals surface area contributed by atoms with E-state index in [1.165, 1.54) is 22.7 Å². The van der Waals surface area contributed by atoms with Gasteiger partial charge in [-0.25, -0.2) is 13.4 Å². The number of aromatic nitrogens is 3. The van der Waals surface area contributed by atoms with E-state index < -0.39 is 9.84 Å². The van der Waals surface area contributed by atoms with Gasteiger partial charge in [0.2, 0.25) is 0 Å². The van der Waals surface area contributed by atoms with Gasteiger partial charge in [0.15, 0.2) is 15.7 Å². The molecule has 3 aromatic heterocycles. The Morgan fingerprint density at radius 2 is 2.04 bits per heavy atom. The SMILES string of the molecule is CC(C)CCc1nc(CS(=O)(=O)Cc2noc(-c3cccs3)n2)cs1. The largest absolute Gasteiger partial charge is 0.333 e. The van der Waals surface area contributed by atoms with Gasteiger partial charge < -0.3 is 4.52 Å². The van der Waals surface area contributed by atoms with Gasteiger partial charge in [-0.3, -0.25) is 0 Å². The Kier molecular flexibility index (Phi) is 5.65. The van der Waals surface area contributed by atoms with Crippen LogP contribution in [0.1, 0.15) is 36.8 Å². The molecule has 0 N–H and O–H groups in total. The molecule has 0 radical (unpaired) electrons. The van der Waals surface area contributed by atoms with Crippen molar-refractivity contribution in [3.8, 4) is 10.8 Å². The summed E-state index contributed by atoms with van der Waals surface area (Å²) in [7, 11) is -3.40. The average Bonchev–Trinajstić information content (AvgIpc) is 3.25. The molecular weight excluding hydrogens is 378 g/mol. The fourth-order valence-electron chi connectivity index (χ4n) is 2.23. The Morgan fingerprint density at radius 3 is 2.76 bits per heavy atom. The molecule has 134 valence electrons. The smallest absolute Gasteiger partial charge is 0.268 e. The number of hydrogen-bond donors (Lipinski definition) is 0. The highest BCUT2D eigenvalue weighted by atomic mass is 32.2. The normalized spacial score (nSPS) is 12.1. The number of sulfone groups is 1. The van der Waals surface area contributed by atoms with Crippen molar-refractivity contribution in [2.24, 2.45) is 5.92 Å². The van der Waals surface area contributed by atoms with E-state index in [9.17, 15) is 8.42 Å². The summed E-state index contributed by atoms with van der Waals surface area (Å²) in [5.74, 6) is 0.782. The zero-order chi connectivity index (χ0) is 17.9. The second kappa shape index (κ2) is 7.76. The van der Waals surface area contributed by atoms with Gasteiger partial charge in [-0.2, -0.15) is 4.98 Å². The molecule has 0 amide bonds. The summed E-state index contributed by atoms with van der Waals surface area (Å²) in [4.78, 5) is 9.43. The number of aryl methyl sites for hydroxylation is 1. The Morgan fingerprint density at radius 1 is 1.20 bits per heavy atom. The maximum Gasteiger partial charge on any atom is 0.268 e. The molecule has 3 aromatic rings. The molecule has 25 heavy (non-hydrogen) atoms. The lowest BCUT2D eigenvalue weighted by molar-refractivity contribution is 0.425. The van der Waals surface area contributed by atoms with Crippen LogP contribution < -0.4 is 0 Å². The third kappa shape index (κ3) is 5.20. The van der Waals surface area contributed by atoms with Crippen LogP contribution in [0.5, 0.6) is 0 Å². The zero-order valence-corrected chi connectivity index (χ0v) is 16.5. The van der Waals surface area contributed by atoms with Gasteiger partial charge >= 0.3 is 0 Å². The number of thiazole rings is 1. The molecule has 0 saturated heterocycles. The van der Waals surface area contributed by atoms with E-state index in [1.54, 1.807) is 0 Å². The quantitative estimate of drug-likeness (QED) is 0.572. The Bertz CT molecular complexity index is 911. The minimum Gasteiger partial charge on any atom is -0.333 e. The molecule has 0 aliphatic rings. The van der Waals surface area contributed by atoms with Crippen molar-refractivity contribution in [2.75, 3.05) is 0 Å². The first-order valence-corrected chi connectivity index (χ1v) is 11.5. The van der Waals surface area contributed by atoms with Crippen LogP contribution >= 0.6 is 22.7 Å². The summed E-state index contributed by atoms with van der Waals surface area (Å²) < 4.78 is 29.9. The van der Waals surface area contributed by atoms with Crippen LogP contribution in [0.2, 0.25) is 0 Å². The summed E-state index contributed by atoms with van der Waals surface area (Å²) in [5, 5.41) is 8.48. The summed E-state index contributed by atoms with van der Waals surface area (Å²) in [6.45, 7) is 4.32. The van der Waals surface area contributed by atoms with Crippen LogP contribution in [-0.4, -0.2) is 23.5 Å². The lowest BCUT2D eigenvalue weighted by Gasteiger charge is -2.01. The van der Waals surface area contributed by atoms with E-state index in [-0.39, 0.29) is 17.3 Å². The first kappa shape index (κ1) is 18.2. The lowest BCUT2D eigenvalue weighted by atomic mass is 10.1. The van der Waals surface area contributed by atoms with Gasteiger partial charge in [-0.1, -0.05) is 25.1 Å². The molecule has 3 rings (SSSR count). The van der Waals surface area contributed by atoms with Crippen molar-refractivity contribution in [2.45, 2.75) is 38.2 Å². The first-order valence-electron chi connectivity index (χ1n) is 7.91. The topological polar surface area (TPSA) is 86.0 Å². The molecule has 0 fully saturated rings. The molecule has 9 heteroatoms. The van der Waals surface area contributed by atoms with Crippen molar-refractivity contribution in [1.29, 1.82) is 0 Å². The van der Waals surface area contributed by atoms with Crippen LogP contribution in [0.4, 0.5) is 0 Å². The van der Waals surface area contributed by atoms with E-state index in [0.717, 1.165) is 22.7 Å². The van der Waals surface area contributed by atoms with Gasteiger partial charge in [0.25, 0.3) is 5.89 Å². The molecule has 0 aliphatic carbocycles. The minimum atomic E-state index is -3.40. The highest BCUT2D eigenvalue weighted by Gasteiger charge is 2.20. The van der Waals surface area contributed by atoms with Gasteiger partial charge in [0.1, 0.15) is 5.75 Å². The number of hydrogen-bond acceptors (Lipinski definition) is 8. The van der Waals surface area contributed by atoms with Gasteiger partial charge in [-0.15, -0.1) is 22.7 Å². The van der Waals surface area contributed by atoms with E-state index in [2.05, 4.69) is 29.0 Å². The number of thiophene rings is 1. The third-order valence-electron chi connectivity index (χ3n) is 3.45. The molecule has 0 aliphatic heterocycles. The Hall–Kier alpha value is -1.58. The summed E-state index contributed by atoms with van der Waals surface area (Å²) in [5.41, 5.74) is 0.589. The summed E-state index contributed by atoms with van der Waals surface area (Å²) in [6, 6.07) is 3.73. The summed E-state index contributed by atoms with van der Waals surface area (Å²) >= 11 is 2.98. The lowest BCUT2D eigenvalue weighted by Crippen LogP contribution is -2.09. The molecule has 0 saturated carbocycles. The van der Waals surface area contributed by atoms with Crippen molar-refractivity contribution in [1.82, 2.24) is 15.1 Å². The Balaban J connectivity index is 1.62. The van der Waals surface area contributed by atoms with Crippen molar-refractivity contribution < 1.29 is 12.9 Å². The van der Waals surface area contributed by atoms with Crippen molar-refractivity contribution in [3.63, 3.8) is 0 Å². The minimum absolute atomic E-state index is 0.103. The molecule has 6 nitrogen and oxygen atoms in total. The molecule has 0 unspecified atom stereocenters. The fraction of sp³-hybridized carbons (Fsp3) is 0.438. The van der Waals surface area contributed by atoms with Gasteiger partial charge in [0.05, 0.1) is 21.3 Å². The fourth-order valence-corrected chi connectivity index (χ4v) is 5.00. The van der Waals surface area contributed by atoms with Crippen LogP contribution in [0, 0.1) is 5.92 Å². The molecular formula is C16H19N3O3S3. The van der Waals surface area contributed by atoms with Gasteiger partial charge in [-0.05, 0) is 30.2 Å². The predicted molar refractivity (Wildman–Crippen MR) is 99.2 cm³/mol. The third-order valence-corrected chi connectivity index (χ3v) is 6.70.